The number of thiazole rings is 1. The molecule has 0 radical (unpaired) electrons. The highest BCUT2D eigenvalue weighted by molar-refractivity contribution is 7.11. The van der Waals surface area contributed by atoms with E-state index >= 15 is 0 Å². The fourth-order valence-corrected chi connectivity index (χ4v) is 2.87. The molecule has 1 aromatic heterocycles. The van der Waals surface area contributed by atoms with Crippen LogP contribution in [0.2, 0.25) is 0 Å². The van der Waals surface area contributed by atoms with E-state index in [1.165, 1.54) is 16.9 Å². The number of carbonyl (C=O) groups excluding carboxylic acids is 1. The Bertz CT molecular complexity index is 727. The first-order valence-electron chi connectivity index (χ1n) is 8.42. The van der Waals surface area contributed by atoms with Gasteiger partial charge < -0.3 is 20.7 Å². The van der Waals surface area contributed by atoms with Crippen molar-refractivity contribution in [1.82, 2.24) is 20.9 Å². The van der Waals surface area contributed by atoms with Crippen LogP contribution >= 0.6 is 11.3 Å². The molecular formula is C18H25N5O2S. The second-order valence-electron chi connectivity index (χ2n) is 5.61. The van der Waals surface area contributed by atoms with Crippen molar-refractivity contribution in [2.75, 3.05) is 33.3 Å². The lowest BCUT2D eigenvalue weighted by atomic mass is 10.2. The van der Waals surface area contributed by atoms with Gasteiger partial charge in [-0.05, 0) is 26.0 Å². The molecule has 0 saturated carbocycles. The van der Waals surface area contributed by atoms with E-state index in [-0.39, 0.29) is 5.91 Å². The molecule has 3 N–H and O–H groups in total. The Hall–Kier alpha value is -2.61. The highest BCUT2D eigenvalue weighted by Gasteiger charge is 2.10. The average molecular weight is 375 g/mol. The number of guanidine groups is 1. The number of aromatic nitrogens is 1. The summed E-state index contributed by atoms with van der Waals surface area (Å²) in [5, 5.41) is 9.18. The maximum atomic E-state index is 12.0. The predicted octanol–water partition coefficient (Wildman–Crippen LogP) is 1.73. The number of aliphatic imine (C=N–C) groups is 1. The van der Waals surface area contributed by atoms with E-state index in [4.69, 9.17) is 4.74 Å². The summed E-state index contributed by atoms with van der Waals surface area (Å²) in [6, 6.07) is 7.95. The number of hydrogen-bond acceptors (Lipinski definition) is 5. The molecule has 0 atom stereocenters. The summed E-state index contributed by atoms with van der Waals surface area (Å²) in [5.74, 6) is 1.42. The number of nitrogens with one attached hydrogen (secondary N) is 3. The van der Waals surface area contributed by atoms with E-state index in [2.05, 4.69) is 25.9 Å². The van der Waals surface area contributed by atoms with Crippen molar-refractivity contribution in [2.24, 2.45) is 4.99 Å². The number of amides is 1. The van der Waals surface area contributed by atoms with Crippen LogP contribution in [0.5, 0.6) is 5.75 Å². The Balaban J connectivity index is 1.59. The fourth-order valence-electron chi connectivity index (χ4n) is 2.15. The first-order chi connectivity index (χ1) is 12.6. The van der Waals surface area contributed by atoms with Gasteiger partial charge in [-0.1, -0.05) is 17.7 Å². The van der Waals surface area contributed by atoms with E-state index in [9.17, 15) is 4.79 Å². The van der Waals surface area contributed by atoms with Crippen molar-refractivity contribution in [2.45, 2.75) is 13.8 Å². The molecule has 8 heteroatoms. The third-order valence-corrected chi connectivity index (χ3v) is 4.49. The Labute approximate surface area is 157 Å². The number of hydrogen-bond donors (Lipinski definition) is 3. The van der Waals surface area contributed by atoms with Crippen LogP contribution in [-0.4, -0.2) is 50.1 Å². The van der Waals surface area contributed by atoms with Gasteiger partial charge in [0.25, 0.3) is 5.91 Å². The van der Waals surface area contributed by atoms with E-state index in [1.54, 1.807) is 12.6 Å². The van der Waals surface area contributed by atoms with Crippen molar-refractivity contribution in [3.05, 3.63) is 45.9 Å². The van der Waals surface area contributed by atoms with E-state index in [1.807, 2.05) is 38.1 Å². The Morgan fingerprint density at radius 2 is 1.81 bits per heavy atom. The normalized spacial score (nSPS) is 11.1. The molecule has 0 aliphatic carbocycles. The zero-order chi connectivity index (χ0) is 18.8. The summed E-state index contributed by atoms with van der Waals surface area (Å²) in [7, 11) is 1.70. The smallest absolute Gasteiger partial charge is 0.263 e. The standard InChI is InChI=1S/C18H25N5O2S/c1-13-4-6-15(7-5-13)25-11-10-22-18(19-3)21-9-8-20-17(24)16-14(2)23-12-26-16/h4-7,12H,8-11H2,1-3H3,(H,20,24)(H2,19,21,22). The van der Waals surface area contributed by atoms with Crippen LogP contribution in [0.15, 0.2) is 34.8 Å². The van der Waals surface area contributed by atoms with Gasteiger partial charge in [-0.25, -0.2) is 4.98 Å². The van der Waals surface area contributed by atoms with Crippen molar-refractivity contribution < 1.29 is 9.53 Å². The summed E-state index contributed by atoms with van der Waals surface area (Å²) >= 11 is 1.35. The predicted molar refractivity (Wildman–Crippen MR) is 105 cm³/mol. The molecule has 1 heterocycles. The second-order valence-corrected chi connectivity index (χ2v) is 6.46. The minimum absolute atomic E-state index is 0.0961. The van der Waals surface area contributed by atoms with Gasteiger partial charge in [0.2, 0.25) is 0 Å². The minimum atomic E-state index is -0.0961. The van der Waals surface area contributed by atoms with Crippen LogP contribution in [0.4, 0.5) is 0 Å². The van der Waals surface area contributed by atoms with Gasteiger partial charge in [0.1, 0.15) is 17.2 Å². The Morgan fingerprint density at radius 3 is 2.46 bits per heavy atom. The molecule has 140 valence electrons. The highest BCUT2D eigenvalue weighted by Crippen LogP contribution is 2.11. The Kier molecular flexibility index (Phi) is 7.88. The van der Waals surface area contributed by atoms with E-state index in [0.717, 1.165) is 11.4 Å². The highest BCUT2D eigenvalue weighted by atomic mass is 32.1. The molecule has 0 saturated heterocycles. The molecule has 0 unspecified atom stereocenters. The molecule has 1 aromatic carbocycles. The molecule has 0 aliphatic heterocycles. The first kappa shape index (κ1) is 19.7. The van der Waals surface area contributed by atoms with Crippen LogP contribution in [0.25, 0.3) is 0 Å². The Morgan fingerprint density at radius 1 is 1.12 bits per heavy atom. The maximum Gasteiger partial charge on any atom is 0.263 e. The lowest BCUT2D eigenvalue weighted by Gasteiger charge is -2.13. The number of benzene rings is 1. The average Bonchev–Trinajstić information content (AvgIpc) is 3.07. The lowest BCUT2D eigenvalue weighted by Crippen LogP contribution is -2.42. The molecule has 2 rings (SSSR count). The zero-order valence-corrected chi connectivity index (χ0v) is 16.2. The molecule has 0 aliphatic rings. The third kappa shape index (κ3) is 6.36. The number of aryl methyl sites for hydroxylation is 2. The molecule has 2 aromatic rings. The van der Waals surface area contributed by atoms with Crippen LogP contribution in [0.1, 0.15) is 20.9 Å². The van der Waals surface area contributed by atoms with Gasteiger partial charge in [0.15, 0.2) is 5.96 Å². The lowest BCUT2D eigenvalue weighted by molar-refractivity contribution is 0.0957. The molecular weight excluding hydrogens is 350 g/mol. The SMILES string of the molecule is CN=C(NCCNC(=O)c1scnc1C)NCCOc1ccc(C)cc1. The molecule has 26 heavy (non-hydrogen) atoms. The molecule has 0 fully saturated rings. The van der Waals surface area contributed by atoms with Crippen molar-refractivity contribution in [3.63, 3.8) is 0 Å². The first-order valence-corrected chi connectivity index (χ1v) is 9.30. The van der Waals surface area contributed by atoms with Gasteiger partial charge in [0, 0.05) is 20.1 Å². The topological polar surface area (TPSA) is 87.6 Å². The maximum absolute atomic E-state index is 12.0. The summed E-state index contributed by atoms with van der Waals surface area (Å²) in [5.41, 5.74) is 3.64. The molecule has 1 amide bonds. The summed E-state index contributed by atoms with van der Waals surface area (Å²) in [6.07, 6.45) is 0. The van der Waals surface area contributed by atoms with Gasteiger partial charge in [0.05, 0.1) is 17.7 Å². The van der Waals surface area contributed by atoms with Gasteiger partial charge in [-0.15, -0.1) is 11.3 Å². The zero-order valence-electron chi connectivity index (χ0n) is 15.3. The summed E-state index contributed by atoms with van der Waals surface area (Å²) < 4.78 is 5.66. The van der Waals surface area contributed by atoms with Crippen LogP contribution < -0.4 is 20.7 Å². The van der Waals surface area contributed by atoms with Gasteiger partial charge in [-0.2, -0.15) is 0 Å². The van der Waals surface area contributed by atoms with Crippen LogP contribution in [0, 0.1) is 13.8 Å². The largest absolute Gasteiger partial charge is 0.492 e. The summed E-state index contributed by atoms with van der Waals surface area (Å²) in [4.78, 5) is 20.8. The molecule has 7 nitrogen and oxygen atoms in total. The third-order valence-electron chi connectivity index (χ3n) is 3.56. The number of nitrogens with zero attached hydrogens (tertiary/aromatic N) is 2. The van der Waals surface area contributed by atoms with E-state index in [0.29, 0.717) is 37.1 Å². The van der Waals surface area contributed by atoms with Crippen molar-refractivity contribution in [3.8, 4) is 5.75 Å². The van der Waals surface area contributed by atoms with E-state index < -0.39 is 0 Å². The monoisotopic (exact) mass is 375 g/mol. The number of rotatable bonds is 8. The van der Waals surface area contributed by atoms with Crippen LogP contribution in [-0.2, 0) is 0 Å². The van der Waals surface area contributed by atoms with Crippen molar-refractivity contribution in [1.29, 1.82) is 0 Å². The van der Waals surface area contributed by atoms with Gasteiger partial charge >= 0.3 is 0 Å². The number of carbonyl (C=O) groups is 1. The summed E-state index contributed by atoms with van der Waals surface area (Å²) in [6.45, 7) is 6.10. The fraction of sp³-hybridized carbons (Fsp3) is 0.389. The molecule has 0 spiro atoms. The quantitative estimate of drug-likeness (QED) is 0.372. The van der Waals surface area contributed by atoms with Gasteiger partial charge in [-0.3, -0.25) is 9.79 Å². The number of ether oxygens (including phenoxy) is 1. The molecule has 0 bridgehead atoms. The van der Waals surface area contributed by atoms with Crippen LogP contribution in [0.3, 0.4) is 0 Å². The van der Waals surface area contributed by atoms with Crippen molar-refractivity contribution >= 4 is 23.2 Å². The second kappa shape index (κ2) is 10.4. The minimum Gasteiger partial charge on any atom is -0.492 e.